The lowest BCUT2D eigenvalue weighted by atomic mass is 9.90. The van der Waals surface area contributed by atoms with Gasteiger partial charge in [0.25, 0.3) is 0 Å². The van der Waals surface area contributed by atoms with Crippen molar-refractivity contribution in [1.82, 2.24) is 9.88 Å². The van der Waals surface area contributed by atoms with Crippen molar-refractivity contribution >= 4 is 35.2 Å². The number of aromatic nitrogens is 1. The van der Waals surface area contributed by atoms with E-state index >= 15 is 0 Å². The van der Waals surface area contributed by atoms with Gasteiger partial charge in [0.1, 0.15) is 5.82 Å². The number of hydrogen-bond donors (Lipinski definition) is 1. The summed E-state index contributed by atoms with van der Waals surface area (Å²) in [6.45, 7) is 5.11. The van der Waals surface area contributed by atoms with Crippen LogP contribution in [0, 0.1) is 5.92 Å². The summed E-state index contributed by atoms with van der Waals surface area (Å²) >= 11 is 0. The summed E-state index contributed by atoms with van der Waals surface area (Å²) in [5.74, 6) is 0.680. The van der Waals surface area contributed by atoms with Crippen molar-refractivity contribution in [3.63, 3.8) is 0 Å². The largest absolute Gasteiger partial charge is 0.419 e. The van der Waals surface area contributed by atoms with Gasteiger partial charge in [0.05, 0.1) is 29.2 Å². The SMILES string of the molecule is CC(=O)N1CCC(CC2=CC(C)N=C3C=Nc4ccc(-c5cnc(N)c(C(F)(F)F)c5)cc4N23)CC1. The number of allylic oxidation sites excluding steroid dienone is 1. The third kappa shape index (κ3) is 4.59. The lowest BCUT2D eigenvalue weighted by Gasteiger charge is -2.38. The monoisotopic (exact) mass is 496 g/mol. The molecule has 0 radical (unpaired) electrons. The highest BCUT2D eigenvalue weighted by Crippen LogP contribution is 2.42. The average Bonchev–Trinajstić information content (AvgIpc) is 2.83. The van der Waals surface area contributed by atoms with Crippen LogP contribution >= 0.6 is 0 Å². The number of nitrogens with zero attached hydrogens (tertiary/aromatic N) is 5. The Kier molecular flexibility index (Phi) is 6.05. The van der Waals surface area contributed by atoms with Crippen LogP contribution in [-0.2, 0) is 11.0 Å². The van der Waals surface area contributed by atoms with Gasteiger partial charge in [-0.05, 0) is 61.9 Å². The number of carbonyl (C=O) groups excluding carboxylic acids is 1. The van der Waals surface area contributed by atoms with Crippen molar-refractivity contribution in [2.75, 3.05) is 23.7 Å². The zero-order valence-corrected chi connectivity index (χ0v) is 20.1. The summed E-state index contributed by atoms with van der Waals surface area (Å²) in [6.07, 6.45) is 3.27. The molecule has 3 aliphatic heterocycles. The summed E-state index contributed by atoms with van der Waals surface area (Å²) in [7, 11) is 0. The number of amides is 1. The van der Waals surface area contributed by atoms with Gasteiger partial charge in [-0.3, -0.25) is 19.7 Å². The van der Waals surface area contributed by atoms with Crippen LogP contribution in [0.25, 0.3) is 11.1 Å². The molecule has 2 N–H and O–H groups in total. The molecule has 1 atom stereocenters. The van der Waals surface area contributed by atoms with Gasteiger partial charge in [-0.25, -0.2) is 4.98 Å². The number of halogens is 3. The molecule has 1 aromatic carbocycles. The first-order valence-electron chi connectivity index (χ1n) is 12.0. The van der Waals surface area contributed by atoms with E-state index in [0.717, 1.165) is 49.8 Å². The molecule has 2 aromatic rings. The highest BCUT2D eigenvalue weighted by molar-refractivity contribution is 6.39. The van der Waals surface area contributed by atoms with Crippen molar-refractivity contribution in [3.05, 3.63) is 47.8 Å². The van der Waals surface area contributed by atoms with E-state index in [9.17, 15) is 18.0 Å². The number of nitrogens with two attached hydrogens (primary N) is 1. The maximum absolute atomic E-state index is 13.4. The number of amidine groups is 1. The van der Waals surface area contributed by atoms with Crippen LogP contribution in [0.5, 0.6) is 0 Å². The lowest BCUT2D eigenvalue weighted by molar-refractivity contribution is -0.137. The minimum Gasteiger partial charge on any atom is -0.383 e. The molecule has 188 valence electrons. The van der Waals surface area contributed by atoms with Crippen LogP contribution in [0.3, 0.4) is 0 Å². The predicted molar refractivity (Wildman–Crippen MR) is 134 cm³/mol. The van der Waals surface area contributed by atoms with Crippen LogP contribution in [0.2, 0.25) is 0 Å². The fraction of sp³-hybridized carbons (Fsp3) is 0.385. The van der Waals surface area contributed by atoms with Crippen LogP contribution in [0.1, 0.15) is 38.7 Å². The number of carbonyl (C=O) groups is 1. The first-order chi connectivity index (χ1) is 17.1. The second-order valence-corrected chi connectivity index (χ2v) is 9.49. The standard InChI is InChI=1S/C26H27F3N6O/c1-15-9-20(10-17-5-7-34(8-6-17)16(2)36)35-23-12-18(3-4-22(23)31-14-24(35)33-15)19-11-21(26(27,28)29)25(30)32-13-19/h3-4,9,11-15,17H,5-8,10H2,1-2H3,(H2,30,32). The molecule has 1 unspecified atom stereocenters. The molecule has 36 heavy (non-hydrogen) atoms. The summed E-state index contributed by atoms with van der Waals surface area (Å²) in [5, 5.41) is 0. The van der Waals surface area contributed by atoms with E-state index in [0.29, 0.717) is 28.6 Å². The normalized spacial score (nSPS) is 20.0. The molecule has 1 fully saturated rings. The smallest absolute Gasteiger partial charge is 0.383 e. The number of anilines is 2. The maximum atomic E-state index is 13.4. The first-order valence-corrected chi connectivity index (χ1v) is 12.0. The zero-order valence-electron chi connectivity index (χ0n) is 20.1. The van der Waals surface area contributed by atoms with Crippen molar-refractivity contribution in [2.24, 2.45) is 15.9 Å². The number of nitrogen functional groups attached to an aromatic ring is 1. The van der Waals surface area contributed by atoms with E-state index in [1.165, 1.54) is 6.20 Å². The van der Waals surface area contributed by atoms with E-state index in [-0.39, 0.29) is 11.9 Å². The van der Waals surface area contributed by atoms with E-state index in [1.807, 2.05) is 17.9 Å². The molecule has 0 bridgehead atoms. The average molecular weight is 497 g/mol. The second-order valence-electron chi connectivity index (χ2n) is 9.49. The Bertz CT molecular complexity index is 1290. The number of piperidine rings is 1. The van der Waals surface area contributed by atoms with E-state index in [4.69, 9.17) is 10.7 Å². The zero-order chi connectivity index (χ0) is 25.6. The molecule has 1 saturated heterocycles. The van der Waals surface area contributed by atoms with Gasteiger partial charge in [0, 0.05) is 37.5 Å². The molecular weight excluding hydrogens is 469 g/mol. The number of rotatable bonds is 3. The summed E-state index contributed by atoms with van der Waals surface area (Å²) in [4.78, 5) is 28.7. The molecule has 0 spiro atoms. The van der Waals surface area contributed by atoms with Gasteiger partial charge >= 0.3 is 6.18 Å². The molecular formula is C26H27F3N6O. The molecule has 1 amide bonds. The number of pyridine rings is 1. The number of hydrogen-bond acceptors (Lipinski definition) is 6. The Hall–Kier alpha value is -3.69. The Morgan fingerprint density at radius 1 is 1.17 bits per heavy atom. The predicted octanol–water partition coefficient (Wildman–Crippen LogP) is 5.21. The highest BCUT2D eigenvalue weighted by atomic mass is 19.4. The van der Waals surface area contributed by atoms with E-state index in [1.54, 1.807) is 25.3 Å². The van der Waals surface area contributed by atoms with Crippen molar-refractivity contribution in [3.8, 4) is 11.1 Å². The third-order valence-electron chi connectivity index (χ3n) is 6.94. The fourth-order valence-electron chi connectivity index (χ4n) is 5.06. The van der Waals surface area contributed by atoms with Crippen molar-refractivity contribution in [2.45, 2.75) is 45.3 Å². The van der Waals surface area contributed by atoms with E-state index < -0.39 is 17.6 Å². The Balaban J connectivity index is 1.47. The molecule has 7 nitrogen and oxygen atoms in total. The van der Waals surface area contributed by atoms with Crippen molar-refractivity contribution in [1.29, 1.82) is 0 Å². The number of fused-ring (bicyclic) bond motifs is 3. The van der Waals surface area contributed by atoms with Crippen LogP contribution in [0.4, 0.5) is 30.4 Å². The minimum absolute atomic E-state index is 0.0182. The van der Waals surface area contributed by atoms with E-state index in [2.05, 4.69) is 21.0 Å². The van der Waals surface area contributed by atoms with Gasteiger partial charge < -0.3 is 10.6 Å². The van der Waals surface area contributed by atoms with Gasteiger partial charge in [-0.2, -0.15) is 13.2 Å². The Morgan fingerprint density at radius 3 is 2.61 bits per heavy atom. The molecule has 10 heteroatoms. The molecule has 4 heterocycles. The lowest BCUT2D eigenvalue weighted by Crippen LogP contribution is -2.40. The number of alkyl halides is 3. The van der Waals surface area contributed by atoms with Crippen molar-refractivity contribution < 1.29 is 18.0 Å². The fourth-order valence-corrected chi connectivity index (χ4v) is 5.06. The summed E-state index contributed by atoms with van der Waals surface area (Å²) in [6, 6.07) is 6.37. The first kappa shape index (κ1) is 24.0. The van der Waals surface area contributed by atoms with Gasteiger partial charge in [-0.1, -0.05) is 6.07 Å². The molecule has 5 rings (SSSR count). The van der Waals surface area contributed by atoms with Crippen LogP contribution < -0.4 is 10.6 Å². The topological polar surface area (TPSA) is 87.2 Å². The van der Waals surface area contributed by atoms with Gasteiger partial charge in [0.2, 0.25) is 5.91 Å². The Morgan fingerprint density at radius 2 is 1.92 bits per heavy atom. The Labute approximate surface area is 207 Å². The summed E-state index contributed by atoms with van der Waals surface area (Å²) in [5.41, 5.74) is 8.00. The number of aliphatic imine (C=N–C) groups is 2. The minimum atomic E-state index is -4.59. The number of benzene rings is 1. The van der Waals surface area contributed by atoms with Gasteiger partial charge in [-0.15, -0.1) is 0 Å². The third-order valence-corrected chi connectivity index (χ3v) is 6.94. The second kappa shape index (κ2) is 9.07. The maximum Gasteiger partial charge on any atom is 0.419 e. The quantitative estimate of drug-likeness (QED) is 0.632. The number of likely N-dealkylation sites (tertiary alicyclic amines) is 1. The highest BCUT2D eigenvalue weighted by Gasteiger charge is 2.35. The van der Waals surface area contributed by atoms with Crippen LogP contribution in [0.15, 0.2) is 52.2 Å². The summed E-state index contributed by atoms with van der Waals surface area (Å²) < 4.78 is 40.3. The molecule has 0 aliphatic carbocycles. The molecule has 3 aliphatic rings. The van der Waals surface area contributed by atoms with Crippen LogP contribution in [-0.4, -0.2) is 47.0 Å². The molecule has 1 aromatic heterocycles. The van der Waals surface area contributed by atoms with Gasteiger partial charge in [0.15, 0.2) is 5.84 Å². The molecule has 0 saturated carbocycles.